The predicted octanol–water partition coefficient (Wildman–Crippen LogP) is 2.89. The molecule has 7 heteroatoms. The third-order valence-electron chi connectivity index (χ3n) is 4.90. The molecule has 0 fully saturated rings. The van der Waals surface area contributed by atoms with Gasteiger partial charge in [0.2, 0.25) is 17.7 Å². The summed E-state index contributed by atoms with van der Waals surface area (Å²) in [4.78, 5) is 40.0. The Morgan fingerprint density at radius 3 is 1.87 bits per heavy atom. The molecule has 0 aliphatic rings. The Labute approximate surface area is 184 Å². The van der Waals surface area contributed by atoms with E-state index in [9.17, 15) is 14.4 Å². The van der Waals surface area contributed by atoms with Crippen molar-refractivity contribution < 1.29 is 14.4 Å². The molecule has 0 aliphatic carbocycles. The van der Waals surface area contributed by atoms with Gasteiger partial charge in [0.15, 0.2) is 0 Å². The van der Waals surface area contributed by atoms with E-state index in [2.05, 4.69) is 10.6 Å². The summed E-state index contributed by atoms with van der Waals surface area (Å²) in [5, 5.41) is 5.70. The average molecular weight is 425 g/mol. The SMILES string of the molecule is Cc1ccc(NC(=O)CN(C)C(=O)CN(C)CC(=O)Nc2c(C)cc(C)cc2C)cc1. The highest BCUT2D eigenvalue weighted by atomic mass is 16.2. The number of benzene rings is 2. The van der Waals surface area contributed by atoms with E-state index in [1.807, 2.05) is 64.1 Å². The van der Waals surface area contributed by atoms with Crippen LogP contribution in [-0.2, 0) is 14.4 Å². The van der Waals surface area contributed by atoms with Gasteiger partial charge in [-0.3, -0.25) is 19.3 Å². The molecule has 0 saturated heterocycles. The van der Waals surface area contributed by atoms with Gasteiger partial charge in [-0.2, -0.15) is 0 Å². The number of anilines is 2. The third-order valence-corrected chi connectivity index (χ3v) is 4.90. The zero-order chi connectivity index (χ0) is 23.1. The molecule has 0 atom stereocenters. The fourth-order valence-corrected chi connectivity index (χ4v) is 3.35. The number of amides is 3. The average Bonchev–Trinajstić information content (AvgIpc) is 2.66. The number of hydrogen-bond acceptors (Lipinski definition) is 4. The van der Waals surface area contributed by atoms with E-state index < -0.39 is 0 Å². The second-order valence-electron chi connectivity index (χ2n) is 8.16. The summed E-state index contributed by atoms with van der Waals surface area (Å²) in [6.45, 7) is 7.95. The summed E-state index contributed by atoms with van der Waals surface area (Å²) in [6, 6.07) is 11.5. The van der Waals surface area contributed by atoms with Crippen molar-refractivity contribution in [3.63, 3.8) is 0 Å². The Morgan fingerprint density at radius 1 is 0.742 bits per heavy atom. The molecule has 0 heterocycles. The molecule has 0 saturated carbocycles. The number of carbonyl (C=O) groups is 3. The van der Waals surface area contributed by atoms with Gasteiger partial charge in [0.1, 0.15) is 0 Å². The Bertz CT molecular complexity index is 931. The van der Waals surface area contributed by atoms with E-state index in [1.54, 1.807) is 19.0 Å². The van der Waals surface area contributed by atoms with Crippen molar-refractivity contribution in [2.75, 3.05) is 44.4 Å². The van der Waals surface area contributed by atoms with Crippen molar-refractivity contribution in [3.8, 4) is 0 Å². The molecule has 2 rings (SSSR count). The molecular weight excluding hydrogens is 392 g/mol. The summed E-state index contributed by atoms with van der Waals surface area (Å²) < 4.78 is 0. The lowest BCUT2D eigenvalue weighted by Gasteiger charge is -2.22. The van der Waals surface area contributed by atoms with Gasteiger partial charge < -0.3 is 15.5 Å². The Kier molecular flexibility index (Phi) is 8.33. The molecule has 166 valence electrons. The van der Waals surface area contributed by atoms with Crippen molar-refractivity contribution in [2.45, 2.75) is 27.7 Å². The minimum Gasteiger partial charge on any atom is -0.335 e. The first-order valence-corrected chi connectivity index (χ1v) is 10.2. The molecule has 0 spiro atoms. The number of rotatable bonds is 8. The maximum atomic E-state index is 12.4. The Hall–Kier alpha value is -3.19. The minimum atomic E-state index is -0.273. The first kappa shape index (κ1) is 24.1. The standard InChI is InChI=1S/C24H32N4O3/c1-16-7-9-20(10-8-16)25-22(30)14-28(6)23(31)15-27(5)13-21(29)26-24-18(3)11-17(2)12-19(24)4/h7-12H,13-15H2,1-6H3,(H,25,30)(H,26,29). The molecule has 2 N–H and O–H groups in total. The van der Waals surface area contributed by atoms with Gasteiger partial charge in [-0.15, -0.1) is 0 Å². The first-order valence-electron chi connectivity index (χ1n) is 10.2. The van der Waals surface area contributed by atoms with Crippen LogP contribution < -0.4 is 10.6 Å². The van der Waals surface area contributed by atoms with E-state index >= 15 is 0 Å². The molecule has 0 radical (unpaired) electrons. The zero-order valence-corrected chi connectivity index (χ0v) is 19.2. The van der Waals surface area contributed by atoms with Crippen LogP contribution in [0.15, 0.2) is 36.4 Å². The number of likely N-dealkylation sites (N-methyl/N-ethyl adjacent to an activating group) is 2. The largest absolute Gasteiger partial charge is 0.335 e. The topological polar surface area (TPSA) is 81.8 Å². The Morgan fingerprint density at radius 2 is 1.29 bits per heavy atom. The van der Waals surface area contributed by atoms with Crippen molar-refractivity contribution >= 4 is 29.1 Å². The lowest BCUT2D eigenvalue weighted by molar-refractivity contribution is -0.134. The van der Waals surface area contributed by atoms with Crippen molar-refractivity contribution in [1.29, 1.82) is 0 Å². The summed E-state index contributed by atoms with van der Waals surface area (Å²) in [7, 11) is 3.27. The van der Waals surface area contributed by atoms with Crippen LogP contribution in [0.3, 0.4) is 0 Å². The smallest absolute Gasteiger partial charge is 0.243 e. The van der Waals surface area contributed by atoms with Gasteiger partial charge in [-0.1, -0.05) is 35.4 Å². The van der Waals surface area contributed by atoms with Crippen LogP contribution in [0, 0.1) is 27.7 Å². The molecule has 0 bridgehead atoms. The van der Waals surface area contributed by atoms with Crippen LogP contribution >= 0.6 is 0 Å². The molecule has 3 amide bonds. The van der Waals surface area contributed by atoms with Gasteiger partial charge in [-0.05, 0) is 58.0 Å². The molecule has 2 aromatic rings. The quantitative estimate of drug-likeness (QED) is 0.683. The van der Waals surface area contributed by atoms with Gasteiger partial charge in [-0.25, -0.2) is 0 Å². The number of nitrogens with zero attached hydrogens (tertiary/aromatic N) is 2. The second kappa shape index (κ2) is 10.7. The van der Waals surface area contributed by atoms with Gasteiger partial charge in [0.05, 0.1) is 19.6 Å². The number of aryl methyl sites for hydroxylation is 4. The molecule has 31 heavy (non-hydrogen) atoms. The van der Waals surface area contributed by atoms with Crippen LogP contribution in [-0.4, -0.2) is 61.3 Å². The third kappa shape index (κ3) is 7.53. The predicted molar refractivity (Wildman–Crippen MR) is 124 cm³/mol. The Balaban J connectivity index is 1.82. The van der Waals surface area contributed by atoms with Gasteiger partial charge in [0.25, 0.3) is 0 Å². The normalized spacial score (nSPS) is 10.7. The van der Waals surface area contributed by atoms with Crippen LogP contribution in [0.4, 0.5) is 11.4 Å². The van der Waals surface area contributed by atoms with Crippen molar-refractivity contribution in [3.05, 3.63) is 58.7 Å². The van der Waals surface area contributed by atoms with Crippen LogP contribution in [0.5, 0.6) is 0 Å². The van der Waals surface area contributed by atoms with E-state index in [4.69, 9.17) is 0 Å². The summed E-state index contributed by atoms with van der Waals surface area (Å²) in [6.07, 6.45) is 0. The van der Waals surface area contributed by atoms with E-state index in [1.165, 1.54) is 4.90 Å². The molecule has 0 aromatic heterocycles. The lowest BCUT2D eigenvalue weighted by atomic mass is 10.1. The van der Waals surface area contributed by atoms with Crippen molar-refractivity contribution in [1.82, 2.24) is 9.80 Å². The molecule has 7 nitrogen and oxygen atoms in total. The summed E-state index contributed by atoms with van der Waals surface area (Å²) in [5.41, 5.74) is 5.75. The fourth-order valence-electron chi connectivity index (χ4n) is 3.35. The second-order valence-corrected chi connectivity index (χ2v) is 8.16. The monoisotopic (exact) mass is 424 g/mol. The number of hydrogen-bond donors (Lipinski definition) is 2. The highest BCUT2D eigenvalue weighted by Gasteiger charge is 2.17. The lowest BCUT2D eigenvalue weighted by Crippen LogP contribution is -2.42. The highest BCUT2D eigenvalue weighted by Crippen LogP contribution is 2.21. The number of nitrogens with one attached hydrogen (secondary N) is 2. The van der Waals surface area contributed by atoms with Crippen LogP contribution in [0.1, 0.15) is 22.3 Å². The maximum Gasteiger partial charge on any atom is 0.243 e. The molecular formula is C24H32N4O3. The molecule has 2 aromatic carbocycles. The van der Waals surface area contributed by atoms with E-state index in [0.717, 1.165) is 27.9 Å². The van der Waals surface area contributed by atoms with E-state index in [-0.39, 0.29) is 37.4 Å². The maximum absolute atomic E-state index is 12.4. The van der Waals surface area contributed by atoms with Gasteiger partial charge in [0, 0.05) is 18.4 Å². The fraction of sp³-hybridized carbons (Fsp3) is 0.375. The molecule has 0 aliphatic heterocycles. The van der Waals surface area contributed by atoms with Crippen LogP contribution in [0.2, 0.25) is 0 Å². The van der Waals surface area contributed by atoms with Gasteiger partial charge >= 0.3 is 0 Å². The van der Waals surface area contributed by atoms with Crippen LogP contribution in [0.25, 0.3) is 0 Å². The number of carbonyl (C=O) groups excluding carboxylic acids is 3. The highest BCUT2D eigenvalue weighted by molar-refractivity contribution is 5.95. The first-order chi connectivity index (χ1) is 14.5. The summed E-state index contributed by atoms with van der Waals surface area (Å²) >= 11 is 0. The minimum absolute atomic E-state index is 0.0353. The van der Waals surface area contributed by atoms with Crippen molar-refractivity contribution in [2.24, 2.45) is 0 Å². The molecule has 0 unspecified atom stereocenters. The van der Waals surface area contributed by atoms with E-state index in [0.29, 0.717) is 5.69 Å². The zero-order valence-electron chi connectivity index (χ0n) is 19.2. The summed E-state index contributed by atoms with van der Waals surface area (Å²) in [5.74, 6) is -0.701.